The van der Waals surface area contributed by atoms with Gasteiger partial charge < -0.3 is 5.73 Å². The first-order chi connectivity index (χ1) is 8.49. The third-order valence-electron chi connectivity index (χ3n) is 2.37. The van der Waals surface area contributed by atoms with Crippen LogP contribution in [0.5, 0.6) is 0 Å². The molecule has 0 fully saturated rings. The van der Waals surface area contributed by atoms with Crippen LogP contribution in [0, 0.1) is 10.1 Å². The van der Waals surface area contributed by atoms with Crippen LogP contribution in [0.4, 0.5) is 5.69 Å². The molecule has 0 saturated carbocycles. The Morgan fingerprint density at radius 2 is 2.28 bits per heavy atom. The summed E-state index contributed by atoms with van der Waals surface area (Å²) in [5.41, 5.74) is 6.60. The van der Waals surface area contributed by atoms with E-state index in [9.17, 15) is 10.1 Å². The molecule has 0 bridgehead atoms. The maximum absolute atomic E-state index is 10.8. The molecule has 0 aliphatic rings. The Hall–Kier alpha value is -1.99. The Kier molecular flexibility index (Phi) is 3.26. The Morgan fingerprint density at radius 3 is 2.83 bits per heavy atom. The fourth-order valence-corrected chi connectivity index (χ4v) is 1.58. The molecule has 1 atom stereocenters. The van der Waals surface area contributed by atoms with E-state index in [0.717, 1.165) is 0 Å². The Morgan fingerprint density at radius 1 is 1.56 bits per heavy atom. The van der Waals surface area contributed by atoms with Crippen molar-refractivity contribution >= 4 is 17.3 Å². The second-order valence-electron chi connectivity index (χ2n) is 3.77. The van der Waals surface area contributed by atoms with Crippen LogP contribution < -0.4 is 5.73 Å². The van der Waals surface area contributed by atoms with Gasteiger partial charge in [0.2, 0.25) is 0 Å². The van der Waals surface area contributed by atoms with Crippen molar-refractivity contribution < 1.29 is 4.92 Å². The van der Waals surface area contributed by atoms with Gasteiger partial charge in [-0.15, -0.1) is 5.10 Å². The zero-order chi connectivity index (χ0) is 13.3. The van der Waals surface area contributed by atoms with Gasteiger partial charge in [0.1, 0.15) is 5.02 Å². The molecule has 18 heavy (non-hydrogen) atoms. The van der Waals surface area contributed by atoms with Gasteiger partial charge in [0.15, 0.2) is 0 Å². The van der Waals surface area contributed by atoms with Crippen molar-refractivity contribution in [1.29, 1.82) is 0 Å². The maximum atomic E-state index is 10.8. The third-order valence-corrected chi connectivity index (χ3v) is 2.69. The van der Waals surface area contributed by atoms with Crippen molar-refractivity contribution in [3.8, 4) is 5.69 Å². The second-order valence-corrected chi connectivity index (χ2v) is 4.18. The monoisotopic (exact) mass is 267 g/mol. The molecule has 7 nitrogen and oxygen atoms in total. The summed E-state index contributed by atoms with van der Waals surface area (Å²) in [7, 11) is 0. The van der Waals surface area contributed by atoms with E-state index in [1.807, 2.05) is 0 Å². The molecule has 8 heteroatoms. The second kappa shape index (κ2) is 4.71. The number of nitro benzene ring substituents is 1. The zero-order valence-electron chi connectivity index (χ0n) is 9.45. The molecule has 0 saturated heterocycles. The molecule has 0 aliphatic carbocycles. The Labute approximate surface area is 107 Å². The van der Waals surface area contributed by atoms with E-state index < -0.39 is 4.92 Å². The van der Waals surface area contributed by atoms with E-state index in [1.54, 1.807) is 19.2 Å². The highest BCUT2D eigenvalue weighted by molar-refractivity contribution is 6.32. The van der Waals surface area contributed by atoms with Crippen molar-refractivity contribution in [2.45, 2.75) is 13.0 Å². The van der Waals surface area contributed by atoms with E-state index in [0.29, 0.717) is 11.4 Å². The van der Waals surface area contributed by atoms with Crippen LogP contribution in [-0.2, 0) is 0 Å². The minimum absolute atomic E-state index is 0.0799. The molecule has 0 spiro atoms. The third kappa shape index (κ3) is 2.31. The van der Waals surface area contributed by atoms with E-state index in [2.05, 4.69) is 10.3 Å². The molecule has 1 unspecified atom stereocenters. The van der Waals surface area contributed by atoms with Gasteiger partial charge in [0.05, 0.1) is 22.5 Å². The summed E-state index contributed by atoms with van der Waals surface area (Å²) in [4.78, 5) is 10.2. The summed E-state index contributed by atoms with van der Waals surface area (Å²) in [6.07, 6.45) is 1.62. The highest BCUT2D eigenvalue weighted by atomic mass is 35.5. The number of halogens is 1. The lowest BCUT2D eigenvalue weighted by Gasteiger charge is -2.01. The van der Waals surface area contributed by atoms with Crippen molar-refractivity contribution in [2.24, 2.45) is 5.73 Å². The van der Waals surface area contributed by atoms with Crippen LogP contribution in [0.25, 0.3) is 5.69 Å². The number of aromatic nitrogens is 3. The minimum atomic E-state index is -0.546. The van der Waals surface area contributed by atoms with Crippen LogP contribution in [0.1, 0.15) is 18.7 Å². The first-order valence-corrected chi connectivity index (χ1v) is 5.49. The van der Waals surface area contributed by atoms with Crippen LogP contribution in [-0.4, -0.2) is 19.9 Å². The lowest BCUT2D eigenvalue weighted by molar-refractivity contribution is -0.384. The van der Waals surface area contributed by atoms with Crippen molar-refractivity contribution in [2.75, 3.05) is 0 Å². The van der Waals surface area contributed by atoms with Gasteiger partial charge in [-0.05, 0) is 19.1 Å². The summed E-state index contributed by atoms with van der Waals surface area (Å²) in [6.45, 7) is 1.78. The highest BCUT2D eigenvalue weighted by Gasteiger charge is 2.14. The number of nitrogens with two attached hydrogens (primary N) is 1. The standard InChI is InChI=1S/C10H10ClN5O2/c1-6(12)9-5-15(14-13-9)7-2-3-8(11)10(4-7)16(17)18/h2-6H,12H2,1H3. The first kappa shape index (κ1) is 12.5. The molecule has 2 aromatic rings. The predicted octanol–water partition coefficient (Wildman–Crippen LogP) is 1.85. The summed E-state index contributed by atoms with van der Waals surface area (Å²) < 4.78 is 1.42. The SMILES string of the molecule is CC(N)c1cn(-c2ccc(Cl)c([N+](=O)[O-])c2)nn1. The van der Waals surface area contributed by atoms with Gasteiger partial charge >= 0.3 is 0 Å². The zero-order valence-corrected chi connectivity index (χ0v) is 10.2. The minimum Gasteiger partial charge on any atom is -0.323 e. The molecule has 2 rings (SSSR count). The summed E-state index contributed by atoms with van der Waals surface area (Å²) in [6, 6.07) is 4.15. The molecule has 1 aromatic heterocycles. The number of rotatable bonds is 3. The van der Waals surface area contributed by atoms with E-state index >= 15 is 0 Å². The number of nitro groups is 1. The first-order valence-electron chi connectivity index (χ1n) is 5.11. The van der Waals surface area contributed by atoms with E-state index in [4.69, 9.17) is 17.3 Å². The number of hydrogen-bond donors (Lipinski definition) is 1. The fraction of sp³-hybridized carbons (Fsp3) is 0.200. The van der Waals surface area contributed by atoms with Gasteiger partial charge in [-0.3, -0.25) is 10.1 Å². The van der Waals surface area contributed by atoms with Gasteiger partial charge in [-0.1, -0.05) is 16.8 Å². The van der Waals surface area contributed by atoms with E-state index in [1.165, 1.54) is 16.8 Å². The van der Waals surface area contributed by atoms with Crippen LogP contribution in [0.2, 0.25) is 5.02 Å². The fourth-order valence-electron chi connectivity index (χ4n) is 1.40. The lowest BCUT2D eigenvalue weighted by atomic mass is 10.2. The maximum Gasteiger partial charge on any atom is 0.290 e. The molecule has 2 N–H and O–H groups in total. The summed E-state index contributed by atoms with van der Waals surface area (Å²) in [5, 5.41) is 18.6. The molecule has 1 aromatic carbocycles. The normalized spacial score (nSPS) is 12.4. The molecule has 0 radical (unpaired) electrons. The molecule has 0 aliphatic heterocycles. The smallest absolute Gasteiger partial charge is 0.290 e. The summed E-state index contributed by atoms with van der Waals surface area (Å²) in [5.74, 6) is 0. The molecule has 1 heterocycles. The average molecular weight is 268 g/mol. The van der Waals surface area contributed by atoms with Gasteiger partial charge in [0.25, 0.3) is 5.69 Å². The lowest BCUT2D eigenvalue weighted by Crippen LogP contribution is -2.04. The highest BCUT2D eigenvalue weighted by Crippen LogP contribution is 2.26. The van der Waals surface area contributed by atoms with Gasteiger partial charge in [0, 0.05) is 12.1 Å². The Bertz CT molecular complexity index is 596. The number of benzene rings is 1. The topological polar surface area (TPSA) is 99.9 Å². The summed E-state index contributed by atoms with van der Waals surface area (Å²) >= 11 is 5.73. The quantitative estimate of drug-likeness (QED) is 0.676. The van der Waals surface area contributed by atoms with Gasteiger partial charge in [-0.25, -0.2) is 4.68 Å². The predicted molar refractivity (Wildman–Crippen MR) is 65.6 cm³/mol. The average Bonchev–Trinajstić information content (AvgIpc) is 2.78. The van der Waals surface area contributed by atoms with Crippen LogP contribution in [0.15, 0.2) is 24.4 Å². The van der Waals surface area contributed by atoms with Gasteiger partial charge in [-0.2, -0.15) is 0 Å². The largest absolute Gasteiger partial charge is 0.323 e. The number of hydrogen-bond acceptors (Lipinski definition) is 5. The van der Waals surface area contributed by atoms with Crippen molar-refractivity contribution in [1.82, 2.24) is 15.0 Å². The van der Waals surface area contributed by atoms with E-state index in [-0.39, 0.29) is 16.8 Å². The molecular formula is C10H10ClN5O2. The van der Waals surface area contributed by atoms with Crippen LogP contribution in [0.3, 0.4) is 0 Å². The van der Waals surface area contributed by atoms with Crippen molar-refractivity contribution in [3.63, 3.8) is 0 Å². The van der Waals surface area contributed by atoms with Crippen molar-refractivity contribution in [3.05, 3.63) is 45.2 Å². The van der Waals surface area contributed by atoms with Crippen LogP contribution >= 0.6 is 11.6 Å². The molecule has 0 amide bonds. The number of nitrogens with zero attached hydrogens (tertiary/aromatic N) is 4. The molecule has 94 valence electrons. The Balaban J connectivity index is 2.44. The molecular weight excluding hydrogens is 258 g/mol.